The number of nitrogens with zero attached hydrogens (tertiary/aromatic N) is 1. The van der Waals surface area contributed by atoms with Gasteiger partial charge >= 0.3 is 11.8 Å². The van der Waals surface area contributed by atoms with Crippen LogP contribution in [0.25, 0.3) is 0 Å². The Kier molecular flexibility index (Phi) is 5.68. The van der Waals surface area contributed by atoms with Crippen LogP contribution in [0.2, 0.25) is 0 Å². The van der Waals surface area contributed by atoms with Crippen LogP contribution in [-0.4, -0.2) is 25.1 Å². The molecule has 2 aromatic rings. The fraction of sp³-hybridized carbons (Fsp3) is 0.167. The van der Waals surface area contributed by atoms with Crippen LogP contribution in [0.5, 0.6) is 5.75 Å². The van der Waals surface area contributed by atoms with Crippen LogP contribution in [0.4, 0.5) is 5.69 Å². The van der Waals surface area contributed by atoms with E-state index in [1.807, 2.05) is 38.1 Å². The van der Waals surface area contributed by atoms with Gasteiger partial charge < -0.3 is 10.1 Å². The average molecular weight is 325 g/mol. The van der Waals surface area contributed by atoms with Gasteiger partial charge in [-0.05, 0) is 37.6 Å². The van der Waals surface area contributed by atoms with E-state index in [4.69, 9.17) is 4.74 Å². The SMILES string of the molecule is COc1ccccc1/C=N/NC(=O)C(=O)Nc1ccc(C)cc1C. The van der Waals surface area contributed by atoms with Crippen molar-refractivity contribution >= 4 is 23.7 Å². The molecule has 6 nitrogen and oxygen atoms in total. The first-order chi connectivity index (χ1) is 11.5. The van der Waals surface area contributed by atoms with Gasteiger partial charge in [-0.2, -0.15) is 5.10 Å². The van der Waals surface area contributed by atoms with Gasteiger partial charge in [-0.1, -0.05) is 29.8 Å². The van der Waals surface area contributed by atoms with Crippen molar-refractivity contribution in [3.8, 4) is 5.75 Å². The summed E-state index contributed by atoms with van der Waals surface area (Å²) < 4.78 is 5.17. The predicted octanol–water partition coefficient (Wildman–Crippen LogP) is 2.40. The van der Waals surface area contributed by atoms with E-state index in [0.29, 0.717) is 17.0 Å². The first kappa shape index (κ1) is 17.2. The number of amides is 2. The lowest BCUT2D eigenvalue weighted by atomic mass is 10.1. The molecule has 2 amide bonds. The van der Waals surface area contributed by atoms with E-state index in [9.17, 15) is 9.59 Å². The van der Waals surface area contributed by atoms with Crippen LogP contribution < -0.4 is 15.5 Å². The number of carbonyl (C=O) groups is 2. The average Bonchev–Trinajstić information content (AvgIpc) is 2.57. The second kappa shape index (κ2) is 7.92. The fourth-order valence-corrected chi connectivity index (χ4v) is 2.12. The highest BCUT2D eigenvalue weighted by Gasteiger charge is 2.13. The fourth-order valence-electron chi connectivity index (χ4n) is 2.12. The Hall–Kier alpha value is -3.15. The van der Waals surface area contributed by atoms with Crippen molar-refractivity contribution in [2.75, 3.05) is 12.4 Å². The van der Waals surface area contributed by atoms with Crippen molar-refractivity contribution in [2.45, 2.75) is 13.8 Å². The maximum absolute atomic E-state index is 11.9. The summed E-state index contributed by atoms with van der Waals surface area (Å²) in [5.41, 5.74) is 5.44. The number of ether oxygens (including phenoxy) is 1. The number of hydrogen-bond donors (Lipinski definition) is 2. The number of hydrazone groups is 1. The molecule has 0 fully saturated rings. The molecule has 0 saturated heterocycles. The molecule has 0 spiro atoms. The molecule has 0 saturated carbocycles. The molecule has 124 valence electrons. The molecule has 0 unspecified atom stereocenters. The molecule has 0 heterocycles. The summed E-state index contributed by atoms with van der Waals surface area (Å²) in [7, 11) is 1.54. The predicted molar refractivity (Wildman–Crippen MR) is 93.3 cm³/mol. The lowest BCUT2D eigenvalue weighted by Gasteiger charge is -2.08. The number of rotatable bonds is 4. The smallest absolute Gasteiger partial charge is 0.329 e. The van der Waals surface area contributed by atoms with Crippen molar-refractivity contribution < 1.29 is 14.3 Å². The van der Waals surface area contributed by atoms with Gasteiger partial charge in [0.25, 0.3) is 0 Å². The first-order valence-electron chi connectivity index (χ1n) is 7.36. The van der Waals surface area contributed by atoms with Crippen LogP contribution in [0.1, 0.15) is 16.7 Å². The van der Waals surface area contributed by atoms with Gasteiger partial charge in [-0.15, -0.1) is 0 Å². The van der Waals surface area contributed by atoms with Crippen molar-refractivity contribution in [1.29, 1.82) is 0 Å². The van der Waals surface area contributed by atoms with Crippen molar-refractivity contribution in [2.24, 2.45) is 5.10 Å². The number of para-hydroxylation sites is 1. The minimum absolute atomic E-state index is 0.592. The zero-order valence-corrected chi connectivity index (χ0v) is 13.8. The quantitative estimate of drug-likeness (QED) is 0.515. The van der Waals surface area contributed by atoms with Crippen LogP contribution >= 0.6 is 0 Å². The van der Waals surface area contributed by atoms with Gasteiger partial charge in [0.15, 0.2) is 0 Å². The van der Waals surface area contributed by atoms with Crippen LogP contribution in [0, 0.1) is 13.8 Å². The molecule has 24 heavy (non-hydrogen) atoms. The lowest BCUT2D eigenvalue weighted by molar-refractivity contribution is -0.136. The number of methoxy groups -OCH3 is 1. The summed E-state index contributed by atoms with van der Waals surface area (Å²) in [4.78, 5) is 23.7. The van der Waals surface area contributed by atoms with Crippen LogP contribution in [-0.2, 0) is 9.59 Å². The van der Waals surface area contributed by atoms with E-state index >= 15 is 0 Å². The Labute approximate surface area is 140 Å². The Morgan fingerprint density at radius 2 is 1.83 bits per heavy atom. The number of hydrogen-bond acceptors (Lipinski definition) is 4. The molecule has 0 bridgehead atoms. The van der Waals surface area contributed by atoms with Gasteiger partial charge in [0.1, 0.15) is 5.75 Å². The summed E-state index contributed by atoms with van der Waals surface area (Å²) in [5.74, 6) is -1.00. The maximum Gasteiger partial charge on any atom is 0.329 e. The number of aryl methyl sites for hydroxylation is 2. The third-order valence-electron chi connectivity index (χ3n) is 3.34. The summed E-state index contributed by atoms with van der Waals surface area (Å²) in [5, 5.41) is 6.34. The molecular weight excluding hydrogens is 306 g/mol. The van der Waals surface area contributed by atoms with Crippen LogP contribution in [0.3, 0.4) is 0 Å². The Bertz CT molecular complexity index is 785. The van der Waals surface area contributed by atoms with Crippen molar-refractivity contribution in [3.63, 3.8) is 0 Å². The minimum atomic E-state index is -0.846. The van der Waals surface area contributed by atoms with Crippen molar-refractivity contribution in [1.82, 2.24) is 5.43 Å². The van der Waals surface area contributed by atoms with Crippen LogP contribution in [0.15, 0.2) is 47.6 Å². The van der Waals surface area contributed by atoms with Gasteiger partial charge in [0, 0.05) is 11.3 Å². The van der Waals surface area contributed by atoms with E-state index in [1.54, 1.807) is 25.3 Å². The van der Waals surface area contributed by atoms with E-state index in [0.717, 1.165) is 11.1 Å². The number of anilines is 1. The molecule has 0 aromatic heterocycles. The normalized spacial score (nSPS) is 10.5. The Morgan fingerprint density at radius 1 is 1.08 bits per heavy atom. The van der Waals surface area contributed by atoms with Gasteiger partial charge in [0.05, 0.1) is 13.3 Å². The minimum Gasteiger partial charge on any atom is -0.496 e. The number of carbonyl (C=O) groups excluding carboxylic acids is 2. The molecular formula is C18H19N3O3. The van der Waals surface area contributed by atoms with Crippen molar-refractivity contribution in [3.05, 3.63) is 59.2 Å². The lowest BCUT2D eigenvalue weighted by Crippen LogP contribution is -2.32. The molecule has 0 aliphatic carbocycles. The molecule has 2 rings (SSSR count). The Morgan fingerprint density at radius 3 is 2.54 bits per heavy atom. The zero-order valence-electron chi connectivity index (χ0n) is 13.8. The highest BCUT2D eigenvalue weighted by atomic mass is 16.5. The van der Waals surface area contributed by atoms with Gasteiger partial charge in [-0.25, -0.2) is 5.43 Å². The second-order valence-corrected chi connectivity index (χ2v) is 5.21. The molecule has 6 heteroatoms. The highest BCUT2D eigenvalue weighted by molar-refractivity contribution is 6.39. The standard InChI is InChI=1S/C18H19N3O3/c1-12-8-9-15(13(2)10-12)20-17(22)18(23)21-19-11-14-6-4-5-7-16(14)24-3/h4-11H,1-3H3,(H,20,22)(H,21,23)/b19-11+. The van der Waals surface area contributed by atoms with E-state index < -0.39 is 11.8 Å². The molecule has 0 aliphatic rings. The van der Waals surface area contributed by atoms with Gasteiger partial charge in [0.2, 0.25) is 0 Å². The van der Waals surface area contributed by atoms with E-state index in [-0.39, 0.29) is 0 Å². The zero-order chi connectivity index (χ0) is 17.5. The number of nitrogens with one attached hydrogen (secondary N) is 2. The first-order valence-corrected chi connectivity index (χ1v) is 7.36. The third-order valence-corrected chi connectivity index (χ3v) is 3.34. The summed E-state index contributed by atoms with van der Waals surface area (Å²) in [6.07, 6.45) is 1.42. The maximum atomic E-state index is 11.9. The molecule has 2 N–H and O–H groups in total. The monoisotopic (exact) mass is 325 g/mol. The topological polar surface area (TPSA) is 79.8 Å². The molecule has 0 atom stereocenters. The highest BCUT2D eigenvalue weighted by Crippen LogP contribution is 2.16. The summed E-state index contributed by atoms with van der Waals surface area (Å²) in [6.45, 7) is 3.82. The number of benzene rings is 2. The van der Waals surface area contributed by atoms with Gasteiger partial charge in [-0.3, -0.25) is 9.59 Å². The largest absolute Gasteiger partial charge is 0.496 e. The van der Waals surface area contributed by atoms with E-state index in [2.05, 4.69) is 15.8 Å². The third kappa shape index (κ3) is 4.42. The Balaban J connectivity index is 1.96. The molecule has 0 aliphatic heterocycles. The molecule has 0 radical (unpaired) electrons. The summed E-state index contributed by atoms with van der Waals surface area (Å²) in [6, 6.07) is 12.7. The second-order valence-electron chi connectivity index (χ2n) is 5.21. The van der Waals surface area contributed by atoms with E-state index in [1.165, 1.54) is 6.21 Å². The molecule has 2 aromatic carbocycles. The summed E-state index contributed by atoms with van der Waals surface area (Å²) >= 11 is 0.